The van der Waals surface area contributed by atoms with Crippen LogP contribution in [-0.4, -0.2) is 30.6 Å². The minimum atomic E-state index is -0.119. The Hall–Kier alpha value is -2.29. The monoisotopic (exact) mass is 288 g/mol. The van der Waals surface area contributed by atoms with Crippen molar-refractivity contribution < 1.29 is 9.53 Å². The molecule has 2 rings (SSSR count). The molecule has 0 amide bonds. The quantitative estimate of drug-likeness (QED) is 0.848. The Morgan fingerprint density at radius 1 is 1.57 bits per heavy atom. The Morgan fingerprint density at radius 3 is 2.86 bits per heavy atom. The molecule has 1 aromatic heterocycles. The number of hydrogen-bond donors (Lipinski definition) is 1. The SMILES string of the molecule is CCOC(=O)CC1CCN(c2ncc(C#N)cc2N)CC1. The number of nitrogens with zero attached hydrogens (tertiary/aromatic N) is 3. The van der Waals surface area contributed by atoms with Gasteiger partial charge in [-0.1, -0.05) is 0 Å². The number of hydrogen-bond acceptors (Lipinski definition) is 6. The molecule has 2 N–H and O–H groups in total. The van der Waals surface area contributed by atoms with Crippen molar-refractivity contribution >= 4 is 17.5 Å². The highest BCUT2D eigenvalue weighted by Gasteiger charge is 2.23. The fourth-order valence-electron chi connectivity index (χ4n) is 2.60. The minimum absolute atomic E-state index is 0.119. The van der Waals surface area contributed by atoms with E-state index in [1.165, 1.54) is 6.20 Å². The Bertz CT molecular complexity index is 545. The van der Waals surface area contributed by atoms with Crippen LogP contribution in [0.25, 0.3) is 0 Å². The van der Waals surface area contributed by atoms with Crippen LogP contribution in [0, 0.1) is 17.2 Å². The van der Waals surface area contributed by atoms with Gasteiger partial charge in [-0.3, -0.25) is 4.79 Å². The summed E-state index contributed by atoms with van der Waals surface area (Å²) in [7, 11) is 0. The molecular weight excluding hydrogens is 268 g/mol. The highest BCUT2D eigenvalue weighted by molar-refractivity contribution is 5.69. The molecule has 1 aliphatic rings. The summed E-state index contributed by atoms with van der Waals surface area (Å²) >= 11 is 0. The summed E-state index contributed by atoms with van der Waals surface area (Å²) < 4.78 is 4.99. The Balaban J connectivity index is 1.92. The Kier molecular flexibility index (Phi) is 4.99. The maximum atomic E-state index is 11.5. The van der Waals surface area contributed by atoms with E-state index in [0.717, 1.165) is 31.7 Å². The topological polar surface area (TPSA) is 92.2 Å². The zero-order chi connectivity index (χ0) is 15.2. The number of nitriles is 1. The van der Waals surface area contributed by atoms with E-state index in [4.69, 9.17) is 15.7 Å². The molecule has 2 heterocycles. The fraction of sp³-hybridized carbons (Fsp3) is 0.533. The van der Waals surface area contributed by atoms with Crippen LogP contribution in [-0.2, 0) is 9.53 Å². The molecule has 6 nitrogen and oxygen atoms in total. The number of nitrogens with two attached hydrogens (primary N) is 1. The van der Waals surface area contributed by atoms with Crippen LogP contribution in [0.2, 0.25) is 0 Å². The number of nitrogen functional groups attached to an aromatic ring is 1. The first kappa shape index (κ1) is 15.1. The van der Waals surface area contributed by atoms with Gasteiger partial charge in [-0.05, 0) is 31.7 Å². The molecule has 112 valence electrons. The number of ether oxygens (including phenoxy) is 1. The number of carbonyl (C=O) groups is 1. The number of esters is 1. The number of carbonyl (C=O) groups excluding carboxylic acids is 1. The molecule has 0 saturated carbocycles. The number of pyridine rings is 1. The van der Waals surface area contributed by atoms with E-state index >= 15 is 0 Å². The maximum absolute atomic E-state index is 11.5. The molecule has 21 heavy (non-hydrogen) atoms. The number of anilines is 2. The van der Waals surface area contributed by atoms with Gasteiger partial charge in [-0.25, -0.2) is 4.98 Å². The van der Waals surface area contributed by atoms with Crippen molar-refractivity contribution in [2.24, 2.45) is 5.92 Å². The second-order valence-corrected chi connectivity index (χ2v) is 5.19. The second-order valence-electron chi connectivity index (χ2n) is 5.19. The van der Waals surface area contributed by atoms with Crippen molar-refractivity contribution in [1.82, 2.24) is 4.98 Å². The summed E-state index contributed by atoms with van der Waals surface area (Å²) in [6, 6.07) is 3.67. The van der Waals surface area contributed by atoms with E-state index < -0.39 is 0 Å². The first-order chi connectivity index (χ1) is 10.1. The smallest absolute Gasteiger partial charge is 0.306 e. The van der Waals surface area contributed by atoms with Crippen LogP contribution in [0.1, 0.15) is 31.7 Å². The molecule has 0 atom stereocenters. The first-order valence-electron chi connectivity index (χ1n) is 7.20. The molecule has 0 aliphatic carbocycles. The summed E-state index contributed by atoms with van der Waals surface area (Å²) in [5.41, 5.74) is 6.95. The van der Waals surface area contributed by atoms with Gasteiger partial charge in [0.2, 0.25) is 0 Å². The zero-order valence-corrected chi connectivity index (χ0v) is 12.2. The maximum Gasteiger partial charge on any atom is 0.306 e. The van der Waals surface area contributed by atoms with Crippen molar-refractivity contribution in [2.75, 3.05) is 30.3 Å². The molecule has 0 aromatic carbocycles. The van der Waals surface area contributed by atoms with Gasteiger partial charge in [0.15, 0.2) is 5.82 Å². The average molecular weight is 288 g/mol. The van der Waals surface area contributed by atoms with Crippen molar-refractivity contribution in [3.8, 4) is 6.07 Å². The van der Waals surface area contributed by atoms with Crippen LogP contribution in [0.3, 0.4) is 0 Å². The van der Waals surface area contributed by atoms with Gasteiger partial charge in [0, 0.05) is 25.7 Å². The van der Waals surface area contributed by atoms with Gasteiger partial charge >= 0.3 is 5.97 Å². The molecule has 1 saturated heterocycles. The van der Waals surface area contributed by atoms with E-state index in [0.29, 0.717) is 30.2 Å². The highest BCUT2D eigenvalue weighted by atomic mass is 16.5. The first-order valence-corrected chi connectivity index (χ1v) is 7.20. The van der Waals surface area contributed by atoms with Gasteiger partial charge in [-0.15, -0.1) is 0 Å². The van der Waals surface area contributed by atoms with Crippen LogP contribution in [0.5, 0.6) is 0 Å². The summed E-state index contributed by atoms with van der Waals surface area (Å²) in [6.45, 7) is 3.88. The Morgan fingerprint density at radius 2 is 2.29 bits per heavy atom. The predicted molar refractivity (Wildman–Crippen MR) is 79.6 cm³/mol. The largest absolute Gasteiger partial charge is 0.466 e. The third kappa shape index (κ3) is 3.85. The van der Waals surface area contributed by atoms with E-state index in [1.807, 2.05) is 13.0 Å². The number of piperidine rings is 1. The zero-order valence-electron chi connectivity index (χ0n) is 12.2. The van der Waals surface area contributed by atoms with E-state index in [-0.39, 0.29) is 5.97 Å². The standard InChI is InChI=1S/C15H20N4O2/c1-2-21-14(20)8-11-3-5-19(6-4-11)15-13(17)7-12(9-16)10-18-15/h7,10-11H,2-6,8,17H2,1H3. The molecule has 1 fully saturated rings. The summed E-state index contributed by atoms with van der Waals surface area (Å²) in [4.78, 5) is 17.9. The third-order valence-corrected chi connectivity index (χ3v) is 3.70. The fourth-order valence-corrected chi connectivity index (χ4v) is 2.60. The normalized spacial score (nSPS) is 15.5. The van der Waals surface area contributed by atoms with Crippen LogP contribution < -0.4 is 10.6 Å². The number of rotatable bonds is 4. The highest BCUT2D eigenvalue weighted by Crippen LogP contribution is 2.28. The van der Waals surface area contributed by atoms with Crippen LogP contribution >= 0.6 is 0 Å². The van der Waals surface area contributed by atoms with Gasteiger partial charge in [0.05, 0.1) is 17.9 Å². The molecule has 0 bridgehead atoms. The average Bonchev–Trinajstić information content (AvgIpc) is 2.48. The summed E-state index contributed by atoms with van der Waals surface area (Å²) in [5, 5.41) is 8.82. The molecule has 0 spiro atoms. The lowest BCUT2D eigenvalue weighted by Gasteiger charge is -2.33. The van der Waals surface area contributed by atoms with Gasteiger partial charge < -0.3 is 15.4 Å². The predicted octanol–water partition coefficient (Wildman–Crippen LogP) is 1.71. The summed E-state index contributed by atoms with van der Waals surface area (Å²) in [5.74, 6) is 0.968. The van der Waals surface area contributed by atoms with Gasteiger partial charge in [-0.2, -0.15) is 5.26 Å². The van der Waals surface area contributed by atoms with Crippen molar-refractivity contribution in [2.45, 2.75) is 26.2 Å². The lowest BCUT2D eigenvalue weighted by Crippen LogP contribution is -2.35. The van der Waals surface area contributed by atoms with Gasteiger partial charge in [0.1, 0.15) is 6.07 Å². The van der Waals surface area contributed by atoms with Crippen molar-refractivity contribution in [3.63, 3.8) is 0 Å². The molecule has 6 heteroatoms. The van der Waals surface area contributed by atoms with Crippen LogP contribution in [0.4, 0.5) is 11.5 Å². The minimum Gasteiger partial charge on any atom is -0.466 e. The van der Waals surface area contributed by atoms with E-state index in [1.54, 1.807) is 6.07 Å². The third-order valence-electron chi connectivity index (χ3n) is 3.70. The molecule has 1 aromatic rings. The molecule has 0 unspecified atom stereocenters. The molecule has 1 aliphatic heterocycles. The van der Waals surface area contributed by atoms with Gasteiger partial charge in [0.25, 0.3) is 0 Å². The summed E-state index contributed by atoms with van der Waals surface area (Å²) in [6.07, 6.45) is 3.86. The lowest BCUT2D eigenvalue weighted by molar-refractivity contribution is -0.144. The molecule has 0 radical (unpaired) electrons. The van der Waals surface area contributed by atoms with E-state index in [2.05, 4.69) is 9.88 Å². The second kappa shape index (κ2) is 6.93. The number of aromatic nitrogens is 1. The van der Waals surface area contributed by atoms with Crippen molar-refractivity contribution in [3.05, 3.63) is 17.8 Å². The lowest BCUT2D eigenvalue weighted by atomic mass is 9.93. The van der Waals surface area contributed by atoms with E-state index in [9.17, 15) is 4.79 Å². The molecular formula is C15H20N4O2. The van der Waals surface area contributed by atoms with Crippen molar-refractivity contribution in [1.29, 1.82) is 5.26 Å². The van der Waals surface area contributed by atoms with Crippen LogP contribution in [0.15, 0.2) is 12.3 Å². The Labute approximate surface area is 124 Å².